The van der Waals surface area contributed by atoms with Crippen LogP contribution in [0, 0.1) is 5.82 Å². The molecule has 0 fully saturated rings. The van der Waals surface area contributed by atoms with E-state index < -0.39 is 17.3 Å². The van der Waals surface area contributed by atoms with E-state index in [9.17, 15) is 9.18 Å². The van der Waals surface area contributed by atoms with Crippen molar-refractivity contribution in [2.75, 3.05) is 18.5 Å². The second kappa shape index (κ2) is 3.58. The number of nitrogens with one attached hydrogen (secondary N) is 1. The van der Waals surface area contributed by atoms with E-state index in [2.05, 4.69) is 5.32 Å². The first-order valence-corrected chi connectivity index (χ1v) is 4.61. The molecule has 0 atom stereocenters. The molecule has 0 amide bonds. The van der Waals surface area contributed by atoms with Crippen molar-refractivity contribution in [1.29, 1.82) is 0 Å². The average molecular weight is 232 g/mol. The summed E-state index contributed by atoms with van der Waals surface area (Å²) in [5.74, 6) is -2.05. The van der Waals surface area contributed by atoms with E-state index in [1.54, 1.807) is 0 Å². The molecule has 0 saturated carbocycles. The van der Waals surface area contributed by atoms with Crippen LogP contribution in [0.3, 0.4) is 0 Å². The van der Waals surface area contributed by atoms with E-state index in [-0.39, 0.29) is 16.5 Å². The van der Waals surface area contributed by atoms with Crippen LogP contribution in [0.25, 0.3) is 0 Å². The minimum atomic E-state index is -1.37. The first-order chi connectivity index (χ1) is 7.11. The molecular weight excluding hydrogens is 225 g/mol. The Morgan fingerprint density at radius 2 is 2.40 bits per heavy atom. The molecule has 1 aliphatic rings. The van der Waals surface area contributed by atoms with Gasteiger partial charge in [-0.1, -0.05) is 11.6 Å². The topological polar surface area (TPSA) is 58.6 Å². The van der Waals surface area contributed by atoms with Gasteiger partial charge in [0.25, 0.3) is 0 Å². The number of aromatic carboxylic acids is 1. The number of carboxylic acids is 1. The highest BCUT2D eigenvalue weighted by atomic mass is 35.5. The third-order valence-corrected chi connectivity index (χ3v) is 2.33. The van der Waals surface area contributed by atoms with Crippen molar-refractivity contribution in [2.24, 2.45) is 0 Å². The van der Waals surface area contributed by atoms with E-state index in [0.29, 0.717) is 13.2 Å². The predicted octanol–water partition coefficient (Wildman–Crippen LogP) is 1.98. The minimum Gasteiger partial charge on any atom is -0.490 e. The molecule has 1 aromatic rings. The molecule has 0 bridgehead atoms. The van der Waals surface area contributed by atoms with Crippen LogP contribution in [0.4, 0.5) is 10.1 Å². The molecule has 1 aromatic carbocycles. The second-order valence-corrected chi connectivity index (χ2v) is 3.41. The maximum Gasteiger partial charge on any atom is 0.341 e. The van der Waals surface area contributed by atoms with Gasteiger partial charge in [-0.25, -0.2) is 9.18 Å². The first-order valence-electron chi connectivity index (χ1n) is 4.23. The molecule has 0 spiro atoms. The fraction of sp³-hybridized carbons (Fsp3) is 0.222. The largest absolute Gasteiger partial charge is 0.490 e. The molecule has 0 aromatic heterocycles. The predicted molar refractivity (Wildman–Crippen MR) is 52.4 cm³/mol. The van der Waals surface area contributed by atoms with Crippen LogP contribution in [0.15, 0.2) is 6.07 Å². The van der Waals surface area contributed by atoms with Crippen molar-refractivity contribution in [2.45, 2.75) is 0 Å². The quantitative estimate of drug-likeness (QED) is 0.776. The lowest BCUT2D eigenvalue weighted by Crippen LogP contribution is -2.21. The van der Waals surface area contributed by atoms with E-state index in [4.69, 9.17) is 21.4 Å². The molecule has 1 heterocycles. The van der Waals surface area contributed by atoms with Gasteiger partial charge in [0.2, 0.25) is 0 Å². The van der Waals surface area contributed by atoms with Crippen molar-refractivity contribution < 1.29 is 19.0 Å². The number of anilines is 1. The number of carbonyl (C=O) groups is 1. The van der Waals surface area contributed by atoms with Gasteiger partial charge in [-0.3, -0.25) is 0 Å². The van der Waals surface area contributed by atoms with E-state index >= 15 is 0 Å². The molecule has 0 unspecified atom stereocenters. The van der Waals surface area contributed by atoms with Crippen LogP contribution < -0.4 is 10.1 Å². The van der Waals surface area contributed by atoms with Gasteiger partial charge in [0.05, 0.1) is 10.7 Å². The summed E-state index contributed by atoms with van der Waals surface area (Å²) in [6.45, 7) is 0.836. The van der Waals surface area contributed by atoms with Gasteiger partial charge in [0.1, 0.15) is 17.9 Å². The Morgan fingerprint density at radius 1 is 1.67 bits per heavy atom. The van der Waals surface area contributed by atoms with Crippen LogP contribution in [-0.4, -0.2) is 24.2 Å². The summed E-state index contributed by atoms with van der Waals surface area (Å²) in [6.07, 6.45) is 0. The number of hydrogen-bond donors (Lipinski definition) is 2. The van der Waals surface area contributed by atoms with Crippen molar-refractivity contribution in [1.82, 2.24) is 0 Å². The Kier molecular flexibility index (Phi) is 2.40. The summed E-state index contributed by atoms with van der Waals surface area (Å²) in [4.78, 5) is 10.9. The molecular formula is C9H7ClFNO3. The maximum absolute atomic E-state index is 13.4. The number of fused-ring (bicyclic) bond motifs is 1. The Labute approximate surface area is 89.6 Å². The highest BCUT2D eigenvalue weighted by Crippen LogP contribution is 2.36. The fourth-order valence-electron chi connectivity index (χ4n) is 1.43. The molecule has 1 aliphatic heterocycles. The Hall–Kier alpha value is -1.49. The van der Waals surface area contributed by atoms with Crippen molar-refractivity contribution in [3.63, 3.8) is 0 Å². The van der Waals surface area contributed by atoms with Crippen LogP contribution in [-0.2, 0) is 0 Å². The first kappa shape index (κ1) is 10.0. The normalized spacial score (nSPS) is 13.7. The summed E-state index contributed by atoms with van der Waals surface area (Å²) in [5.41, 5.74) is -0.326. The number of benzene rings is 1. The van der Waals surface area contributed by atoms with Crippen LogP contribution in [0.5, 0.6) is 5.75 Å². The number of halogens is 2. The van der Waals surface area contributed by atoms with Crippen LogP contribution in [0.2, 0.25) is 5.02 Å². The molecule has 2 rings (SSSR count). The van der Waals surface area contributed by atoms with Crippen molar-refractivity contribution >= 4 is 23.3 Å². The van der Waals surface area contributed by atoms with Gasteiger partial charge >= 0.3 is 5.97 Å². The number of hydrogen-bond acceptors (Lipinski definition) is 3. The summed E-state index contributed by atoms with van der Waals surface area (Å²) in [6, 6.07) is 1.27. The molecule has 4 nitrogen and oxygen atoms in total. The zero-order valence-electron chi connectivity index (χ0n) is 7.51. The molecule has 15 heavy (non-hydrogen) atoms. The van der Waals surface area contributed by atoms with Gasteiger partial charge in [0.15, 0.2) is 5.82 Å². The van der Waals surface area contributed by atoms with E-state index in [0.717, 1.165) is 0 Å². The standard InChI is InChI=1S/C9H7ClFNO3/c10-4-3-5-8(12-1-2-15-5)6(7(4)11)9(13)14/h3,12H,1-2H2,(H,13,14). The maximum atomic E-state index is 13.4. The second-order valence-electron chi connectivity index (χ2n) is 3.00. The lowest BCUT2D eigenvalue weighted by Gasteiger charge is -2.21. The molecule has 80 valence electrons. The van der Waals surface area contributed by atoms with Crippen molar-refractivity contribution in [3.8, 4) is 5.75 Å². The third-order valence-electron chi connectivity index (χ3n) is 2.06. The highest BCUT2D eigenvalue weighted by molar-refractivity contribution is 6.31. The van der Waals surface area contributed by atoms with Gasteiger partial charge in [0, 0.05) is 12.6 Å². The summed E-state index contributed by atoms with van der Waals surface area (Å²) in [5, 5.41) is 11.4. The fourth-order valence-corrected chi connectivity index (χ4v) is 1.62. The van der Waals surface area contributed by atoms with Gasteiger partial charge in [-0.05, 0) is 0 Å². The minimum absolute atomic E-state index is 0.149. The lowest BCUT2D eigenvalue weighted by molar-refractivity contribution is 0.0692. The van der Waals surface area contributed by atoms with Crippen LogP contribution in [0.1, 0.15) is 10.4 Å². The van der Waals surface area contributed by atoms with Crippen LogP contribution >= 0.6 is 11.6 Å². The zero-order chi connectivity index (χ0) is 11.0. The summed E-state index contributed by atoms with van der Waals surface area (Å²) in [7, 11) is 0. The average Bonchev–Trinajstić information content (AvgIpc) is 2.19. The third kappa shape index (κ3) is 1.59. The Balaban J connectivity index is 2.68. The molecule has 0 aliphatic carbocycles. The Morgan fingerprint density at radius 3 is 3.07 bits per heavy atom. The lowest BCUT2D eigenvalue weighted by atomic mass is 10.1. The number of ether oxygens (including phenoxy) is 1. The zero-order valence-corrected chi connectivity index (χ0v) is 8.27. The summed E-state index contributed by atoms with van der Waals surface area (Å²) < 4.78 is 18.6. The van der Waals surface area contributed by atoms with Gasteiger partial charge in [-0.2, -0.15) is 0 Å². The Bertz CT molecular complexity index is 436. The monoisotopic (exact) mass is 231 g/mol. The number of carboxylic acid groups (broad SMARTS) is 1. The number of rotatable bonds is 1. The molecule has 0 radical (unpaired) electrons. The van der Waals surface area contributed by atoms with Gasteiger partial charge in [-0.15, -0.1) is 0 Å². The van der Waals surface area contributed by atoms with Crippen molar-refractivity contribution in [3.05, 3.63) is 22.5 Å². The molecule has 6 heteroatoms. The highest BCUT2D eigenvalue weighted by Gasteiger charge is 2.25. The smallest absolute Gasteiger partial charge is 0.341 e. The molecule has 2 N–H and O–H groups in total. The van der Waals surface area contributed by atoms with E-state index in [1.807, 2.05) is 0 Å². The van der Waals surface area contributed by atoms with E-state index in [1.165, 1.54) is 6.07 Å². The van der Waals surface area contributed by atoms with Gasteiger partial charge < -0.3 is 15.2 Å². The summed E-state index contributed by atoms with van der Waals surface area (Å²) >= 11 is 5.55. The molecule has 0 saturated heterocycles. The SMILES string of the molecule is O=C(O)c1c(F)c(Cl)cc2c1NCCO2.